The van der Waals surface area contributed by atoms with Crippen LogP contribution >= 0.6 is 0 Å². The summed E-state index contributed by atoms with van der Waals surface area (Å²) in [6.45, 7) is 0.338. The zero-order valence-corrected chi connectivity index (χ0v) is 11.0. The van der Waals surface area contributed by atoms with E-state index in [1.165, 1.54) is 12.4 Å². The minimum atomic E-state index is -1.02. The molecular formula is C14H14N4O3. The maximum Gasteiger partial charge on any atom is 0.328 e. The molecule has 0 saturated carbocycles. The predicted molar refractivity (Wildman–Crippen MR) is 77.6 cm³/mol. The summed E-state index contributed by atoms with van der Waals surface area (Å²) in [5, 5.41) is 13.9. The fourth-order valence-electron chi connectivity index (χ4n) is 1.62. The number of carboxylic acids is 1. The molecule has 7 nitrogen and oxygen atoms in total. The Morgan fingerprint density at radius 2 is 2.24 bits per heavy atom. The number of carboxylic acid groups (broad SMARTS) is 1. The average Bonchev–Trinajstić information content (AvgIpc) is 2.97. The van der Waals surface area contributed by atoms with Crippen molar-refractivity contribution < 1.29 is 14.7 Å². The number of carbonyl (C=O) groups excluding carboxylic acids is 1. The number of nitrogens with zero attached hydrogens (tertiary/aromatic N) is 1. The summed E-state index contributed by atoms with van der Waals surface area (Å²) in [6.07, 6.45) is 5.65. The second-order valence-corrected chi connectivity index (χ2v) is 4.18. The normalized spacial score (nSPS) is 10.5. The van der Waals surface area contributed by atoms with E-state index in [0.717, 1.165) is 11.8 Å². The lowest BCUT2D eigenvalue weighted by atomic mass is 10.2. The first kappa shape index (κ1) is 14.3. The first-order valence-electron chi connectivity index (χ1n) is 6.16. The Hall–Kier alpha value is -3.09. The summed E-state index contributed by atoms with van der Waals surface area (Å²) in [7, 11) is 0. The van der Waals surface area contributed by atoms with Gasteiger partial charge in [-0.2, -0.15) is 0 Å². The van der Waals surface area contributed by atoms with E-state index in [0.29, 0.717) is 17.8 Å². The van der Waals surface area contributed by atoms with Gasteiger partial charge < -0.3 is 20.7 Å². The molecule has 1 heterocycles. The number of hydrogen-bond acceptors (Lipinski definition) is 3. The van der Waals surface area contributed by atoms with Crippen LogP contribution < -0.4 is 10.6 Å². The lowest BCUT2D eigenvalue weighted by molar-refractivity contribution is -0.131. The Balaban J connectivity index is 1.91. The highest BCUT2D eigenvalue weighted by Gasteiger charge is 2.02. The molecule has 0 saturated heterocycles. The molecule has 1 aromatic heterocycles. The molecular weight excluding hydrogens is 272 g/mol. The first-order chi connectivity index (χ1) is 10.1. The predicted octanol–water partition coefficient (Wildman–Crippen LogP) is 1.83. The number of benzene rings is 1. The topological polar surface area (TPSA) is 107 Å². The van der Waals surface area contributed by atoms with Crippen molar-refractivity contribution in [1.29, 1.82) is 0 Å². The van der Waals surface area contributed by atoms with Crippen LogP contribution in [0.25, 0.3) is 6.08 Å². The smallest absolute Gasteiger partial charge is 0.328 e. The van der Waals surface area contributed by atoms with Crippen LogP contribution in [0.1, 0.15) is 11.3 Å². The number of H-pyrrole nitrogens is 1. The van der Waals surface area contributed by atoms with Crippen LogP contribution in [0, 0.1) is 0 Å². The summed E-state index contributed by atoms with van der Waals surface area (Å²) in [5.41, 5.74) is 2.05. The van der Waals surface area contributed by atoms with E-state index in [1.54, 1.807) is 30.5 Å². The fraction of sp³-hybridized carbons (Fsp3) is 0.0714. The molecule has 1 aromatic carbocycles. The number of hydrogen-bond donors (Lipinski definition) is 4. The number of aromatic amines is 1. The number of carbonyl (C=O) groups is 2. The fourth-order valence-corrected chi connectivity index (χ4v) is 1.62. The summed E-state index contributed by atoms with van der Waals surface area (Å²) < 4.78 is 0. The van der Waals surface area contributed by atoms with Crippen LogP contribution in [0.15, 0.2) is 42.9 Å². The zero-order chi connectivity index (χ0) is 15.1. The minimum absolute atomic E-state index is 0.338. The number of urea groups is 1. The van der Waals surface area contributed by atoms with E-state index in [1.807, 2.05) is 0 Å². The van der Waals surface area contributed by atoms with Crippen molar-refractivity contribution in [3.05, 3.63) is 54.1 Å². The largest absolute Gasteiger partial charge is 0.478 e. The summed E-state index contributed by atoms with van der Waals surface area (Å²) in [6, 6.07) is 6.51. The standard InChI is InChI=1S/C14H14N4O3/c19-13(20)5-4-10-2-1-3-11(6-10)18-14(21)16-8-12-7-15-9-17-12/h1-7,9H,8H2,(H,15,17)(H,19,20)(H2,16,18,21)/b5-4+. The van der Waals surface area contributed by atoms with Gasteiger partial charge in [0.25, 0.3) is 0 Å². The van der Waals surface area contributed by atoms with Gasteiger partial charge in [-0.3, -0.25) is 0 Å². The van der Waals surface area contributed by atoms with E-state index < -0.39 is 5.97 Å². The van der Waals surface area contributed by atoms with Crippen molar-refractivity contribution in [2.45, 2.75) is 6.54 Å². The second kappa shape index (κ2) is 6.90. The number of aliphatic carboxylic acids is 1. The number of anilines is 1. The van der Waals surface area contributed by atoms with Crippen LogP contribution in [0.4, 0.5) is 10.5 Å². The molecule has 2 amide bonds. The van der Waals surface area contributed by atoms with Gasteiger partial charge in [0.2, 0.25) is 0 Å². The summed E-state index contributed by atoms with van der Waals surface area (Å²) >= 11 is 0. The van der Waals surface area contributed by atoms with Gasteiger partial charge in [0, 0.05) is 18.0 Å². The second-order valence-electron chi connectivity index (χ2n) is 4.18. The molecule has 0 fully saturated rings. The van der Waals surface area contributed by atoms with Crippen LogP contribution in [-0.4, -0.2) is 27.1 Å². The number of nitrogens with one attached hydrogen (secondary N) is 3. The molecule has 2 rings (SSSR count). The lowest BCUT2D eigenvalue weighted by Gasteiger charge is -2.07. The Morgan fingerprint density at radius 1 is 1.38 bits per heavy atom. The maximum atomic E-state index is 11.7. The maximum absolute atomic E-state index is 11.7. The SMILES string of the molecule is O=C(O)/C=C/c1cccc(NC(=O)NCc2cnc[nH]2)c1. The summed E-state index contributed by atoms with van der Waals surface area (Å²) in [5.74, 6) is -1.02. The molecule has 0 unspecified atom stereocenters. The van der Waals surface area contributed by atoms with E-state index in [2.05, 4.69) is 20.6 Å². The molecule has 0 radical (unpaired) electrons. The molecule has 108 valence electrons. The van der Waals surface area contributed by atoms with Gasteiger partial charge in [-0.25, -0.2) is 14.6 Å². The quantitative estimate of drug-likeness (QED) is 0.629. The number of amides is 2. The molecule has 0 atom stereocenters. The van der Waals surface area contributed by atoms with Crippen molar-refractivity contribution >= 4 is 23.8 Å². The lowest BCUT2D eigenvalue weighted by Crippen LogP contribution is -2.28. The number of aromatic nitrogens is 2. The Morgan fingerprint density at radius 3 is 2.95 bits per heavy atom. The van der Waals surface area contributed by atoms with Crippen LogP contribution in [0.5, 0.6) is 0 Å². The van der Waals surface area contributed by atoms with Crippen molar-refractivity contribution in [3.63, 3.8) is 0 Å². The van der Waals surface area contributed by atoms with Crippen molar-refractivity contribution in [1.82, 2.24) is 15.3 Å². The van der Waals surface area contributed by atoms with Gasteiger partial charge in [0.15, 0.2) is 0 Å². The van der Waals surface area contributed by atoms with E-state index in [-0.39, 0.29) is 6.03 Å². The van der Waals surface area contributed by atoms with Crippen molar-refractivity contribution in [3.8, 4) is 0 Å². The first-order valence-corrected chi connectivity index (χ1v) is 6.16. The van der Waals surface area contributed by atoms with Crippen LogP contribution in [0.3, 0.4) is 0 Å². The van der Waals surface area contributed by atoms with E-state index >= 15 is 0 Å². The van der Waals surface area contributed by atoms with Crippen molar-refractivity contribution in [2.24, 2.45) is 0 Å². The van der Waals surface area contributed by atoms with E-state index in [4.69, 9.17) is 5.11 Å². The molecule has 0 aliphatic carbocycles. The van der Waals surface area contributed by atoms with Gasteiger partial charge >= 0.3 is 12.0 Å². The van der Waals surface area contributed by atoms with Gasteiger partial charge in [0.05, 0.1) is 18.6 Å². The zero-order valence-electron chi connectivity index (χ0n) is 11.0. The van der Waals surface area contributed by atoms with Crippen LogP contribution in [0.2, 0.25) is 0 Å². The van der Waals surface area contributed by atoms with Gasteiger partial charge in [-0.1, -0.05) is 12.1 Å². The molecule has 4 N–H and O–H groups in total. The molecule has 0 aliphatic heterocycles. The van der Waals surface area contributed by atoms with Gasteiger partial charge in [0.1, 0.15) is 0 Å². The van der Waals surface area contributed by atoms with Crippen LogP contribution in [-0.2, 0) is 11.3 Å². The van der Waals surface area contributed by atoms with Gasteiger partial charge in [-0.05, 0) is 23.8 Å². The average molecular weight is 286 g/mol. The number of imidazole rings is 1. The highest BCUT2D eigenvalue weighted by molar-refractivity contribution is 5.90. The third kappa shape index (κ3) is 4.83. The van der Waals surface area contributed by atoms with E-state index in [9.17, 15) is 9.59 Å². The van der Waals surface area contributed by atoms with Crippen molar-refractivity contribution in [2.75, 3.05) is 5.32 Å². The molecule has 7 heteroatoms. The highest BCUT2D eigenvalue weighted by atomic mass is 16.4. The minimum Gasteiger partial charge on any atom is -0.478 e. The van der Waals surface area contributed by atoms with Gasteiger partial charge in [-0.15, -0.1) is 0 Å². The molecule has 2 aromatic rings. The summed E-state index contributed by atoms with van der Waals surface area (Å²) in [4.78, 5) is 28.9. The highest BCUT2D eigenvalue weighted by Crippen LogP contribution is 2.11. The Bertz CT molecular complexity index is 650. The molecule has 0 aliphatic rings. The molecule has 0 bridgehead atoms. The molecule has 21 heavy (non-hydrogen) atoms. The molecule has 0 spiro atoms. The monoisotopic (exact) mass is 286 g/mol. The third-order valence-corrected chi connectivity index (χ3v) is 2.56. The third-order valence-electron chi connectivity index (χ3n) is 2.56. The number of rotatable bonds is 5. The Kier molecular flexibility index (Phi) is 4.70. The Labute approximate surface area is 120 Å².